The van der Waals surface area contributed by atoms with E-state index in [1.54, 1.807) is 24.3 Å². The average molecular weight is 281 g/mol. The van der Waals surface area contributed by atoms with Crippen LogP contribution in [-0.4, -0.2) is 5.91 Å². The number of benzene rings is 2. The minimum absolute atomic E-state index is 0.155. The van der Waals surface area contributed by atoms with Crippen LogP contribution < -0.4 is 4.90 Å². The first kappa shape index (κ1) is 12.5. The van der Waals surface area contributed by atoms with E-state index in [9.17, 15) is 4.79 Å². The van der Waals surface area contributed by atoms with Crippen molar-refractivity contribution in [3.63, 3.8) is 0 Å². The predicted molar refractivity (Wildman–Crippen MR) is 78.5 cm³/mol. The normalized spacial score (nSPS) is 13.3. The van der Waals surface area contributed by atoms with Gasteiger partial charge < -0.3 is 0 Å². The molecule has 1 amide bonds. The number of nitrogens with zero attached hydrogens (tertiary/aromatic N) is 2. The van der Waals surface area contributed by atoms with Crippen molar-refractivity contribution < 1.29 is 4.79 Å². The lowest BCUT2D eigenvalue weighted by Crippen LogP contribution is -2.22. The molecular weight excluding hydrogens is 272 g/mol. The van der Waals surface area contributed by atoms with Gasteiger partial charge in [-0.25, -0.2) is 0 Å². The van der Waals surface area contributed by atoms with E-state index in [1.165, 1.54) is 4.90 Å². The Morgan fingerprint density at radius 3 is 2.45 bits per heavy atom. The summed E-state index contributed by atoms with van der Waals surface area (Å²) in [7, 11) is 0. The minimum atomic E-state index is -0.155. The Hall–Kier alpha value is -2.57. The average Bonchev–Trinajstić information content (AvgIpc) is 2.72. The van der Waals surface area contributed by atoms with Crippen LogP contribution in [0.1, 0.15) is 21.5 Å². The molecule has 0 fully saturated rings. The van der Waals surface area contributed by atoms with Gasteiger partial charge in [0.15, 0.2) is 0 Å². The van der Waals surface area contributed by atoms with Crippen molar-refractivity contribution in [2.45, 2.75) is 0 Å². The fourth-order valence-electron chi connectivity index (χ4n) is 2.30. The van der Waals surface area contributed by atoms with Crippen LogP contribution in [0, 0.1) is 11.3 Å². The van der Waals surface area contributed by atoms with E-state index in [0.717, 1.165) is 5.56 Å². The van der Waals surface area contributed by atoms with Gasteiger partial charge in [-0.15, -0.1) is 0 Å². The topological polar surface area (TPSA) is 44.1 Å². The largest absolute Gasteiger partial charge is 0.275 e. The zero-order valence-corrected chi connectivity index (χ0v) is 11.2. The lowest BCUT2D eigenvalue weighted by molar-refractivity contribution is 0.101. The van der Waals surface area contributed by atoms with Gasteiger partial charge in [0.05, 0.1) is 28.0 Å². The van der Waals surface area contributed by atoms with Gasteiger partial charge in [-0.3, -0.25) is 9.69 Å². The number of amides is 1. The van der Waals surface area contributed by atoms with Crippen LogP contribution in [0.25, 0.3) is 5.70 Å². The van der Waals surface area contributed by atoms with Crippen molar-refractivity contribution in [1.29, 1.82) is 5.26 Å². The summed E-state index contributed by atoms with van der Waals surface area (Å²) in [4.78, 5) is 13.9. The number of nitriles is 1. The van der Waals surface area contributed by atoms with E-state index in [1.807, 2.05) is 24.3 Å². The zero-order chi connectivity index (χ0) is 14.3. The van der Waals surface area contributed by atoms with Crippen molar-refractivity contribution >= 4 is 28.9 Å². The highest BCUT2D eigenvalue weighted by Crippen LogP contribution is 2.38. The highest BCUT2D eigenvalue weighted by atomic mass is 35.5. The Bertz CT molecular complexity index is 754. The van der Waals surface area contributed by atoms with Crippen LogP contribution in [0.5, 0.6) is 0 Å². The number of halogens is 1. The number of carbonyl (C=O) groups is 1. The second-order valence-corrected chi connectivity index (χ2v) is 4.82. The van der Waals surface area contributed by atoms with Gasteiger partial charge in [-0.2, -0.15) is 5.26 Å². The first-order valence-electron chi connectivity index (χ1n) is 5.96. The molecule has 20 heavy (non-hydrogen) atoms. The molecule has 0 radical (unpaired) electrons. The summed E-state index contributed by atoms with van der Waals surface area (Å²) >= 11 is 6.18. The van der Waals surface area contributed by atoms with E-state index in [0.29, 0.717) is 27.5 Å². The molecule has 1 heterocycles. The molecule has 0 saturated heterocycles. The summed E-state index contributed by atoms with van der Waals surface area (Å²) in [5, 5.41) is 9.21. The molecule has 3 nitrogen and oxygen atoms in total. The lowest BCUT2D eigenvalue weighted by atomic mass is 10.1. The Morgan fingerprint density at radius 2 is 1.85 bits per heavy atom. The number of rotatable bonds is 1. The first-order chi connectivity index (χ1) is 9.63. The Balaban J connectivity index is 2.12. The maximum Gasteiger partial charge on any atom is 0.263 e. The van der Waals surface area contributed by atoms with Crippen molar-refractivity contribution in [1.82, 2.24) is 0 Å². The van der Waals surface area contributed by atoms with Crippen LogP contribution in [-0.2, 0) is 0 Å². The van der Waals surface area contributed by atoms with Crippen LogP contribution in [0.15, 0.2) is 49.0 Å². The second-order valence-electron chi connectivity index (χ2n) is 4.41. The number of hydrogen-bond donors (Lipinski definition) is 0. The monoisotopic (exact) mass is 280 g/mol. The molecule has 3 rings (SSSR count). The van der Waals surface area contributed by atoms with Gasteiger partial charge >= 0.3 is 0 Å². The number of carbonyl (C=O) groups excluding carboxylic acids is 1. The SMILES string of the molecule is C=C1c2ccccc2C(=O)N1c1ccc(C#N)cc1Cl. The van der Waals surface area contributed by atoms with Crippen molar-refractivity contribution in [2.75, 3.05) is 4.90 Å². The number of hydrogen-bond acceptors (Lipinski definition) is 2. The third-order valence-electron chi connectivity index (χ3n) is 3.26. The van der Waals surface area contributed by atoms with Crippen LogP contribution >= 0.6 is 11.6 Å². The van der Waals surface area contributed by atoms with Gasteiger partial charge in [-0.1, -0.05) is 36.4 Å². The van der Waals surface area contributed by atoms with Crippen molar-refractivity contribution in [3.05, 3.63) is 70.8 Å². The predicted octanol–water partition coefficient (Wildman–Crippen LogP) is 3.84. The van der Waals surface area contributed by atoms with E-state index >= 15 is 0 Å². The highest BCUT2D eigenvalue weighted by molar-refractivity contribution is 6.35. The zero-order valence-electron chi connectivity index (χ0n) is 10.4. The third kappa shape index (κ3) is 1.70. The molecule has 1 aliphatic rings. The summed E-state index contributed by atoms with van der Waals surface area (Å²) in [6.07, 6.45) is 0. The maximum absolute atomic E-state index is 12.5. The first-order valence-corrected chi connectivity index (χ1v) is 6.33. The lowest BCUT2D eigenvalue weighted by Gasteiger charge is -2.19. The van der Waals surface area contributed by atoms with Gasteiger partial charge in [0.2, 0.25) is 0 Å². The summed E-state index contributed by atoms with van der Waals surface area (Å²) in [5.74, 6) is -0.155. The standard InChI is InChI=1S/C16H9ClN2O/c1-10-12-4-2-3-5-13(12)16(20)19(10)15-7-6-11(9-18)8-14(15)17/h2-8H,1H2. The summed E-state index contributed by atoms with van der Waals surface area (Å²) in [6.45, 7) is 3.97. The van der Waals surface area contributed by atoms with Crippen LogP contribution in [0.3, 0.4) is 0 Å². The third-order valence-corrected chi connectivity index (χ3v) is 3.56. The summed E-state index contributed by atoms with van der Waals surface area (Å²) in [5.41, 5.74) is 3.00. The minimum Gasteiger partial charge on any atom is -0.275 e. The molecule has 0 saturated carbocycles. The Kier molecular flexibility index (Phi) is 2.81. The van der Waals surface area contributed by atoms with Gasteiger partial charge in [0.25, 0.3) is 5.91 Å². The van der Waals surface area contributed by atoms with Crippen LogP contribution in [0.4, 0.5) is 5.69 Å². The number of fused-ring (bicyclic) bond motifs is 1. The molecule has 4 heteroatoms. The van der Waals surface area contributed by atoms with Crippen LogP contribution in [0.2, 0.25) is 5.02 Å². The van der Waals surface area contributed by atoms with E-state index in [4.69, 9.17) is 16.9 Å². The fraction of sp³-hybridized carbons (Fsp3) is 0. The van der Waals surface area contributed by atoms with E-state index < -0.39 is 0 Å². The molecule has 0 atom stereocenters. The fourth-order valence-corrected chi connectivity index (χ4v) is 2.56. The molecule has 1 aliphatic heterocycles. The molecule has 2 aromatic rings. The van der Waals surface area contributed by atoms with Gasteiger partial charge in [0, 0.05) is 11.1 Å². The maximum atomic E-state index is 12.5. The molecule has 0 bridgehead atoms. The second kappa shape index (κ2) is 4.52. The number of anilines is 1. The molecule has 0 spiro atoms. The molecule has 0 aromatic heterocycles. The molecule has 2 aromatic carbocycles. The quantitative estimate of drug-likeness (QED) is 0.796. The Labute approximate surface area is 121 Å². The van der Waals surface area contributed by atoms with E-state index in [-0.39, 0.29) is 5.91 Å². The highest BCUT2D eigenvalue weighted by Gasteiger charge is 2.32. The van der Waals surface area contributed by atoms with Crippen molar-refractivity contribution in [2.24, 2.45) is 0 Å². The Morgan fingerprint density at radius 1 is 1.15 bits per heavy atom. The molecule has 0 aliphatic carbocycles. The summed E-state index contributed by atoms with van der Waals surface area (Å²) in [6, 6.07) is 14.1. The molecular formula is C16H9ClN2O. The van der Waals surface area contributed by atoms with Gasteiger partial charge in [-0.05, 0) is 24.3 Å². The van der Waals surface area contributed by atoms with E-state index in [2.05, 4.69) is 6.58 Å². The molecule has 96 valence electrons. The van der Waals surface area contributed by atoms with Crippen molar-refractivity contribution in [3.8, 4) is 6.07 Å². The molecule has 0 unspecified atom stereocenters. The van der Waals surface area contributed by atoms with Gasteiger partial charge in [0.1, 0.15) is 0 Å². The summed E-state index contributed by atoms with van der Waals surface area (Å²) < 4.78 is 0. The smallest absolute Gasteiger partial charge is 0.263 e. The molecule has 0 N–H and O–H groups in total.